The number of hydrogen-bond acceptors (Lipinski definition) is 5. The van der Waals surface area contributed by atoms with Gasteiger partial charge in [-0.3, -0.25) is 4.79 Å². The Hall–Kier alpha value is -2.85. The normalized spacial score (nSPS) is 21.7. The van der Waals surface area contributed by atoms with Crippen molar-refractivity contribution in [2.75, 3.05) is 33.2 Å². The van der Waals surface area contributed by atoms with Crippen LogP contribution in [-0.4, -0.2) is 77.9 Å². The van der Waals surface area contributed by atoms with E-state index >= 15 is 0 Å². The number of likely N-dealkylation sites (tertiary alicyclic amines) is 2. The molecule has 3 amide bonds. The number of nitrogens with two attached hydrogens (primary N) is 1. The molecule has 35 heavy (non-hydrogen) atoms. The lowest BCUT2D eigenvalue weighted by Crippen LogP contribution is -2.56. The number of aliphatic hydroxyl groups is 1. The molecule has 1 aromatic carbocycles. The Kier molecular flexibility index (Phi) is 8.27. The second-order valence-electron chi connectivity index (χ2n) is 10.4. The number of aliphatic hydroxyl groups excluding tert-OH is 1. The first-order chi connectivity index (χ1) is 16.4. The molecule has 8 nitrogen and oxygen atoms in total. The molecule has 192 valence electrons. The summed E-state index contributed by atoms with van der Waals surface area (Å²) in [5.74, 6) is -2.19. The van der Waals surface area contributed by atoms with Gasteiger partial charge in [0.15, 0.2) is 11.6 Å². The number of halogens is 2. The molecule has 0 unspecified atom stereocenters. The van der Waals surface area contributed by atoms with Crippen molar-refractivity contribution in [2.45, 2.75) is 52.2 Å². The number of likely N-dealkylation sites (N-methyl/N-ethyl adjacent to an activating group) is 1. The van der Waals surface area contributed by atoms with Gasteiger partial charge in [-0.15, -0.1) is 0 Å². The van der Waals surface area contributed by atoms with Crippen LogP contribution in [0.3, 0.4) is 0 Å². The minimum atomic E-state index is -1.01. The molecule has 1 aromatic rings. The van der Waals surface area contributed by atoms with Crippen molar-refractivity contribution < 1.29 is 23.5 Å². The molecule has 3 rings (SSSR count). The van der Waals surface area contributed by atoms with E-state index in [4.69, 9.17) is 5.73 Å². The van der Waals surface area contributed by atoms with E-state index in [-0.39, 0.29) is 11.6 Å². The Balaban J connectivity index is 1.86. The van der Waals surface area contributed by atoms with Crippen molar-refractivity contribution >= 4 is 23.3 Å². The van der Waals surface area contributed by atoms with Crippen LogP contribution in [0.5, 0.6) is 0 Å². The number of nitrogens with one attached hydrogen (secondary N) is 1. The predicted molar refractivity (Wildman–Crippen MR) is 131 cm³/mol. The van der Waals surface area contributed by atoms with Gasteiger partial charge in [-0.25, -0.2) is 13.6 Å². The number of amides is 3. The van der Waals surface area contributed by atoms with Crippen molar-refractivity contribution in [1.29, 1.82) is 0 Å². The number of carbonyl (C=O) groups is 2. The van der Waals surface area contributed by atoms with Gasteiger partial charge in [-0.05, 0) is 43.5 Å². The Morgan fingerprint density at radius 2 is 1.83 bits per heavy atom. The van der Waals surface area contributed by atoms with E-state index in [1.807, 2.05) is 32.7 Å². The Bertz CT molecular complexity index is 1030. The van der Waals surface area contributed by atoms with Gasteiger partial charge in [0.05, 0.1) is 11.8 Å². The van der Waals surface area contributed by atoms with E-state index in [1.165, 1.54) is 6.07 Å². The van der Waals surface area contributed by atoms with Gasteiger partial charge in [-0.1, -0.05) is 20.8 Å². The van der Waals surface area contributed by atoms with E-state index in [9.17, 15) is 23.5 Å². The number of aliphatic imine (C=N–C) groups is 1. The molecular formula is C25H35F2N5O3. The number of piperidine rings is 2. The van der Waals surface area contributed by atoms with E-state index < -0.39 is 35.2 Å². The fourth-order valence-corrected chi connectivity index (χ4v) is 4.29. The third-order valence-corrected chi connectivity index (χ3v) is 6.46. The Morgan fingerprint density at radius 3 is 2.43 bits per heavy atom. The molecule has 4 N–H and O–H groups in total. The molecule has 2 aliphatic rings. The summed E-state index contributed by atoms with van der Waals surface area (Å²) in [4.78, 5) is 34.1. The maximum Gasteiger partial charge on any atom is 0.341 e. The minimum absolute atomic E-state index is 0.210. The smallest absolute Gasteiger partial charge is 0.341 e. The second kappa shape index (κ2) is 10.8. The second-order valence-corrected chi connectivity index (χ2v) is 10.4. The van der Waals surface area contributed by atoms with Crippen molar-refractivity contribution in [3.05, 3.63) is 41.0 Å². The lowest BCUT2D eigenvalue weighted by atomic mass is 9.85. The lowest BCUT2D eigenvalue weighted by molar-refractivity contribution is -0.137. The third kappa shape index (κ3) is 6.64. The molecule has 0 bridgehead atoms. The summed E-state index contributed by atoms with van der Waals surface area (Å²) in [6.45, 7) is 7.48. The zero-order chi connectivity index (χ0) is 25.9. The number of urea groups is 1. The topological polar surface area (TPSA) is 111 Å². The number of hydrogen-bond donors (Lipinski definition) is 3. The largest absolute Gasteiger partial charge is 0.398 e. The van der Waals surface area contributed by atoms with Crippen molar-refractivity contribution in [1.82, 2.24) is 15.1 Å². The number of carbonyl (C=O) groups excluding carboxylic acids is 2. The van der Waals surface area contributed by atoms with Crippen molar-refractivity contribution in [2.24, 2.45) is 16.1 Å². The first-order valence-electron chi connectivity index (χ1n) is 11.8. The molecule has 0 saturated carbocycles. The Labute approximate surface area is 204 Å². The molecule has 0 radical (unpaired) electrons. The average molecular weight is 492 g/mol. The molecule has 0 spiro atoms. The Morgan fingerprint density at radius 1 is 1.17 bits per heavy atom. The molecule has 0 aromatic heterocycles. The number of rotatable bonds is 3. The van der Waals surface area contributed by atoms with Gasteiger partial charge in [-0.2, -0.15) is 4.99 Å². The van der Waals surface area contributed by atoms with E-state index in [2.05, 4.69) is 10.3 Å². The van der Waals surface area contributed by atoms with Gasteiger partial charge < -0.3 is 26.0 Å². The van der Waals surface area contributed by atoms with Crippen LogP contribution in [-0.2, 0) is 4.79 Å². The highest BCUT2D eigenvalue weighted by molar-refractivity contribution is 6.11. The maximum absolute atomic E-state index is 13.8. The summed E-state index contributed by atoms with van der Waals surface area (Å²) in [7, 11) is 1.89. The van der Waals surface area contributed by atoms with Crippen LogP contribution in [0.25, 0.3) is 5.70 Å². The SMILES string of the molecule is CN1CCC(=NC(=O)N[C@H](C(=O)N2CCC(O)CC2)C(C)(C)C)C(=C(N)c2ccc(F)c(F)c2)C1. The van der Waals surface area contributed by atoms with Gasteiger partial charge >= 0.3 is 6.03 Å². The van der Waals surface area contributed by atoms with Crippen LogP contribution >= 0.6 is 0 Å². The predicted octanol–water partition coefficient (Wildman–Crippen LogP) is 2.52. The highest BCUT2D eigenvalue weighted by Crippen LogP contribution is 2.25. The number of benzene rings is 1. The highest BCUT2D eigenvalue weighted by Gasteiger charge is 2.37. The van der Waals surface area contributed by atoms with Crippen LogP contribution in [0.15, 0.2) is 28.8 Å². The lowest BCUT2D eigenvalue weighted by Gasteiger charge is -2.37. The van der Waals surface area contributed by atoms with Crippen LogP contribution in [0.1, 0.15) is 45.6 Å². The molecule has 2 heterocycles. The molecule has 2 fully saturated rings. The first-order valence-corrected chi connectivity index (χ1v) is 11.8. The van der Waals surface area contributed by atoms with Gasteiger partial charge in [0, 0.05) is 49.4 Å². The van der Waals surface area contributed by atoms with E-state index in [0.29, 0.717) is 62.3 Å². The molecule has 1 atom stereocenters. The van der Waals surface area contributed by atoms with Crippen molar-refractivity contribution in [3.8, 4) is 0 Å². The van der Waals surface area contributed by atoms with E-state index in [0.717, 1.165) is 12.1 Å². The monoisotopic (exact) mass is 491 g/mol. The fraction of sp³-hybridized carbons (Fsp3) is 0.560. The summed E-state index contributed by atoms with van der Waals surface area (Å²) in [6.07, 6.45) is 1.03. The standard InChI is InChI=1S/C25H35F2N5O3/c1-25(2,3)22(23(34)32-11-7-16(33)8-12-32)30-24(35)29-20-9-10-31(4)14-17(20)21(28)15-5-6-18(26)19(27)13-15/h5-6,13,16,22,33H,7-12,14,28H2,1-4H3,(H,30,35)/t22-/m1/s1. The third-order valence-electron chi connectivity index (χ3n) is 6.46. The quantitative estimate of drug-likeness (QED) is 0.602. The summed E-state index contributed by atoms with van der Waals surface area (Å²) in [5.41, 5.74) is 7.27. The van der Waals surface area contributed by atoms with Gasteiger partial charge in [0.1, 0.15) is 6.04 Å². The van der Waals surface area contributed by atoms with Crippen LogP contribution in [0.4, 0.5) is 13.6 Å². The van der Waals surface area contributed by atoms with Crippen LogP contribution in [0.2, 0.25) is 0 Å². The molecule has 10 heteroatoms. The molecular weight excluding hydrogens is 456 g/mol. The summed E-state index contributed by atoms with van der Waals surface area (Å²) in [5, 5.41) is 12.5. The summed E-state index contributed by atoms with van der Waals surface area (Å²) >= 11 is 0. The average Bonchev–Trinajstić information content (AvgIpc) is 2.79. The zero-order valence-corrected chi connectivity index (χ0v) is 20.8. The highest BCUT2D eigenvalue weighted by atomic mass is 19.2. The van der Waals surface area contributed by atoms with Gasteiger partial charge in [0.25, 0.3) is 0 Å². The summed E-state index contributed by atoms with van der Waals surface area (Å²) < 4.78 is 27.2. The van der Waals surface area contributed by atoms with Crippen LogP contribution in [0, 0.1) is 17.0 Å². The molecule has 2 aliphatic heterocycles. The summed E-state index contributed by atoms with van der Waals surface area (Å²) in [6, 6.07) is 1.94. The zero-order valence-electron chi connectivity index (χ0n) is 20.8. The number of nitrogens with zero attached hydrogens (tertiary/aromatic N) is 3. The fourth-order valence-electron chi connectivity index (χ4n) is 4.29. The molecule has 2 saturated heterocycles. The van der Waals surface area contributed by atoms with Crippen molar-refractivity contribution in [3.63, 3.8) is 0 Å². The first kappa shape index (κ1) is 26.7. The van der Waals surface area contributed by atoms with Crippen LogP contribution < -0.4 is 11.1 Å². The minimum Gasteiger partial charge on any atom is -0.398 e. The van der Waals surface area contributed by atoms with Gasteiger partial charge in [0.2, 0.25) is 5.91 Å². The van der Waals surface area contributed by atoms with E-state index in [1.54, 1.807) is 4.90 Å². The molecule has 0 aliphatic carbocycles. The maximum atomic E-state index is 13.8.